The van der Waals surface area contributed by atoms with E-state index >= 15 is 0 Å². The molecule has 0 rings (SSSR count). The summed E-state index contributed by atoms with van der Waals surface area (Å²) in [7, 11) is 0. The third-order valence-electron chi connectivity index (χ3n) is 0.252. The molecule has 2 nitrogen and oxygen atoms in total. The van der Waals surface area contributed by atoms with E-state index in [9.17, 15) is 4.79 Å². The van der Waals surface area contributed by atoms with Crippen molar-refractivity contribution in [2.24, 2.45) is 0 Å². The molecule has 0 atom stereocenters. The van der Waals surface area contributed by atoms with Gasteiger partial charge in [-0.1, -0.05) is 0 Å². The van der Waals surface area contributed by atoms with E-state index in [1.807, 2.05) is 0 Å². The molecule has 0 saturated heterocycles. The molecule has 7 heavy (non-hydrogen) atoms. The van der Waals surface area contributed by atoms with Gasteiger partial charge in [0, 0.05) is 17.1 Å². The van der Waals surface area contributed by atoms with Crippen molar-refractivity contribution in [2.45, 2.75) is 2.00 Å². The third-order valence-corrected chi connectivity index (χ3v) is 3.01. The smallest absolute Gasteiger partial charge is 0 e. The minimum absolute atomic E-state index is 0. The Kier molecular flexibility index (Phi) is 12.5. The Labute approximate surface area is 74.9 Å². The molecule has 0 aromatic rings. The molecule has 0 aliphatic heterocycles. The first-order chi connectivity index (χ1) is 2.77. The van der Waals surface area contributed by atoms with Crippen LogP contribution < -0.4 is 0 Å². The maximum Gasteiger partial charge on any atom is 0 e. The molecule has 0 unspecified atom stereocenters. The fourth-order valence-corrected chi connectivity index (χ4v) is 1.47. The summed E-state index contributed by atoms with van der Waals surface area (Å²) in [5, 5.41) is 7.88. The molecule has 0 heterocycles. The summed E-state index contributed by atoms with van der Waals surface area (Å²) in [5.74, 6) is -0.750. The number of carboxylic acid groups (broad SMARTS) is 1. The molecule has 40 valence electrons. The molecule has 0 aromatic heterocycles. The van der Waals surface area contributed by atoms with E-state index in [0.717, 1.165) is 0 Å². The topological polar surface area (TPSA) is 37.3 Å². The molecule has 0 amide bonds. The van der Waals surface area contributed by atoms with E-state index < -0.39 is 41.5 Å². The molecule has 0 aliphatic rings. The number of aliphatic carboxylic acids is 1. The first-order valence-electron chi connectivity index (χ1n) is 1.41. The number of carboxylic acids is 1. The van der Waals surface area contributed by atoms with Crippen LogP contribution in [0.4, 0.5) is 0 Å². The number of rotatable bonds is 2. The monoisotopic (exact) mass is 290 g/mol. The van der Waals surface area contributed by atoms with Gasteiger partial charge < -0.3 is 0 Å². The second-order valence-electron chi connectivity index (χ2n) is 0.752. The van der Waals surface area contributed by atoms with Crippen molar-refractivity contribution in [1.82, 2.24) is 0 Å². The zero-order chi connectivity index (χ0) is 4.99. The average Bonchev–Trinajstić information content (AvgIpc) is 1.35. The number of hydrogen-bond donors (Lipinski definition) is 1. The Morgan fingerprint density at radius 3 is 2.29 bits per heavy atom. The van der Waals surface area contributed by atoms with E-state index in [0.29, 0.717) is 0 Å². The summed E-state index contributed by atoms with van der Waals surface area (Å²) < 4.78 is 0.265. The zero-order valence-corrected chi connectivity index (χ0v) is 9.04. The summed E-state index contributed by atoms with van der Waals surface area (Å²) in [6.07, 6.45) is 0. The van der Waals surface area contributed by atoms with Gasteiger partial charge in [0.05, 0.1) is 0 Å². The van der Waals surface area contributed by atoms with Gasteiger partial charge in [0.2, 0.25) is 0 Å². The maximum atomic E-state index is 9.57. The average molecular weight is 290 g/mol. The zero-order valence-electron chi connectivity index (χ0n) is 3.40. The Morgan fingerprint density at radius 1 is 1.86 bits per heavy atom. The molecule has 0 saturated carbocycles. The van der Waals surface area contributed by atoms with Crippen molar-refractivity contribution < 1.29 is 62.5 Å². The fourth-order valence-electron chi connectivity index (χ4n) is 0.0660. The molecule has 1 N–H and O–H groups in total. The minimum Gasteiger partial charge on any atom is 0 e. The summed E-state index contributed by atoms with van der Waals surface area (Å²) >= 11 is -1.24. The van der Waals surface area contributed by atoms with Crippen LogP contribution in [0.3, 0.4) is 0 Å². The van der Waals surface area contributed by atoms with Gasteiger partial charge in [0.15, 0.2) is 0 Å². The number of hydrogen-bond acceptors (Lipinski definition) is 1. The standard InChI is InChI=1S/C2H3O2.ClH.Mn.Pr/c1-2(3)4;;;/h1H2,(H,3,4);1H;;/q;;;+1/p-1. The minimum atomic E-state index is -1.24. The Morgan fingerprint density at radius 2 is 2.29 bits per heavy atom. The molecule has 0 aromatic carbocycles. The van der Waals surface area contributed by atoms with Gasteiger partial charge in [-0.25, -0.2) is 0 Å². The summed E-state index contributed by atoms with van der Waals surface area (Å²) in [5.41, 5.74) is 5.22. The van der Waals surface area contributed by atoms with Crippen LogP contribution in [0, 0.1) is 35.5 Å². The summed E-state index contributed by atoms with van der Waals surface area (Å²) in [6, 6.07) is 0. The van der Waals surface area contributed by atoms with Crippen LogP contribution >= 0.6 is 5.72 Å². The summed E-state index contributed by atoms with van der Waals surface area (Å²) in [4.78, 5) is 9.57. The van der Waals surface area contributed by atoms with Gasteiger partial charge in [-0.2, -0.15) is 0 Å². The fraction of sp³-hybridized carbons (Fsp3) is 0.500. The van der Waals surface area contributed by atoms with E-state index in [-0.39, 0.29) is 19.1 Å². The van der Waals surface area contributed by atoms with Crippen molar-refractivity contribution in [3.05, 3.63) is 0 Å². The summed E-state index contributed by atoms with van der Waals surface area (Å²) in [6.45, 7) is 0. The van der Waals surface area contributed by atoms with Gasteiger partial charge in [0.1, 0.15) is 0 Å². The van der Waals surface area contributed by atoms with Crippen molar-refractivity contribution in [3.8, 4) is 0 Å². The van der Waals surface area contributed by atoms with Gasteiger partial charge >= 0.3 is 59.1 Å². The van der Waals surface area contributed by atoms with Crippen LogP contribution in [0.5, 0.6) is 0 Å². The first kappa shape index (κ1) is 11.4. The molecule has 0 bridgehead atoms. The van der Waals surface area contributed by atoms with E-state index in [1.54, 1.807) is 0 Å². The molecule has 0 aliphatic carbocycles. The Balaban J connectivity index is 0. The van der Waals surface area contributed by atoms with E-state index in [4.69, 9.17) is 10.8 Å². The van der Waals surface area contributed by atoms with Gasteiger partial charge in [-0.05, 0) is 0 Å². The van der Waals surface area contributed by atoms with Crippen LogP contribution in [-0.4, -0.2) is 11.1 Å². The molecular weight excluding hydrogens is 287 g/mol. The molecular formula is C2H3ClMnO2Pr. The van der Waals surface area contributed by atoms with Crippen LogP contribution in [0.1, 0.15) is 0 Å². The largest absolute Gasteiger partial charge is 0 e. The number of halogens is 1. The third kappa shape index (κ3) is 11.3. The first-order valence-corrected chi connectivity index (χ1v) is 8.66. The van der Waals surface area contributed by atoms with Gasteiger partial charge in [0.25, 0.3) is 0 Å². The van der Waals surface area contributed by atoms with Crippen molar-refractivity contribution in [1.29, 1.82) is 0 Å². The molecule has 5 heteroatoms. The second-order valence-corrected chi connectivity index (χ2v) is 5.34. The molecule has 0 spiro atoms. The van der Waals surface area contributed by atoms with Crippen molar-refractivity contribution in [3.63, 3.8) is 0 Å². The quantitative estimate of drug-likeness (QED) is 0.761. The predicted molar refractivity (Wildman–Crippen MR) is 18.3 cm³/mol. The van der Waals surface area contributed by atoms with Crippen molar-refractivity contribution >= 4 is 11.7 Å². The second kappa shape index (κ2) is 7.64. The van der Waals surface area contributed by atoms with Crippen LogP contribution in [0.25, 0.3) is 0 Å². The Bertz CT molecular complexity index is 59.7. The Hall–Kier alpha value is 1.64. The van der Waals surface area contributed by atoms with Crippen molar-refractivity contribution in [2.75, 3.05) is 0 Å². The molecule has 0 fully saturated rings. The number of carbonyl (C=O) groups is 1. The van der Waals surface area contributed by atoms with Gasteiger partial charge in [-0.3, -0.25) is 0 Å². The van der Waals surface area contributed by atoms with Crippen LogP contribution in [0.15, 0.2) is 0 Å². The van der Waals surface area contributed by atoms with Crippen LogP contribution in [-0.2, 0) is 21.9 Å². The van der Waals surface area contributed by atoms with E-state index in [1.165, 1.54) is 0 Å². The SMILES string of the molecule is O=C(O)[CH2][Pr][Cl].[Mn]. The van der Waals surface area contributed by atoms with Gasteiger partial charge in [-0.15, -0.1) is 0 Å². The molecule has 1 radical (unpaired) electrons. The van der Waals surface area contributed by atoms with Crippen LogP contribution in [0.2, 0.25) is 2.00 Å². The predicted octanol–water partition coefficient (Wildman–Crippen LogP) is 0.726. The van der Waals surface area contributed by atoms with E-state index in [2.05, 4.69) is 0 Å². The maximum absolute atomic E-state index is 9.57. The normalized spacial score (nSPS) is 5.86.